The van der Waals surface area contributed by atoms with Crippen LogP contribution in [0.2, 0.25) is 0 Å². The van der Waals surface area contributed by atoms with Crippen LogP contribution in [0.4, 0.5) is 0 Å². The summed E-state index contributed by atoms with van der Waals surface area (Å²) in [7, 11) is 0. The van der Waals surface area contributed by atoms with Crippen LogP contribution in [0.1, 0.15) is 61.4 Å². The molecule has 3 saturated carbocycles. The van der Waals surface area contributed by atoms with Gasteiger partial charge in [0.2, 0.25) is 0 Å². The van der Waals surface area contributed by atoms with Crippen molar-refractivity contribution in [1.82, 2.24) is 10.3 Å². The molecule has 5 nitrogen and oxygen atoms in total. The van der Waals surface area contributed by atoms with Gasteiger partial charge in [-0.15, -0.1) is 0 Å². The topological polar surface area (TPSA) is 68.3 Å². The number of benzene rings is 2. The molecule has 0 aliphatic heterocycles. The van der Waals surface area contributed by atoms with Crippen LogP contribution in [0.25, 0.3) is 22.2 Å². The number of rotatable bonds is 5. The molecule has 3 aliphatic rings. The van der Waals surface area contributed by atoms with Crippen molar-refractivity contribution in [2.24, 2.45) is 5.41 Å². The molecule has 0 radical (unpaired) electrons. The van der Waals surface area contributed by atoms with E-state index in [0.717, 1.165) is 70.7 Å². The number of pyridine rings is 1. The average molecular weight is 521 g/mol. The van der Waals surface area contributed by atoms with Crippen molar-refractivity contribution in [3.8, 4) is 11.3 Å². The minimum absolute atomic E-state index is 0.0642. The molecule has 3 aromatic rings. The number of carbonyl (C=O) groups excluding carboxylic acids is 2. The lowest BCUT2D eigenvalue weighted by Gasteiger charge is -2.52. The maximum absolute atomic E-state index is 13.9. The lowest BCUT2D eigenvalue weighted by atomic mass is 9.57. The van der Waals surface area contributed by atoms with E-state index >= 15 is 0 Å². The van der Waals surface area contributed by atoms with Crippen molar-refractivity contribution >= 4 is 38.7 Å². The Morgan fingerprint density at radius 3 is 2.35 bits per heavy atom. The summed E-state index contributed by atoms with van der Waals surface area (Å²) in [6.45, 7) is 4.25. The predicted octanol–water partition coefficient (Wildman–Crippen LogP) is 6.36. The van der Waals surface area contributed by atoms with Gasteiger partial charge >= 0.3 is 5.97 Å². The van der Waals surface area contributed by atoms with E-state index < -0.39 is 0 Å². The summed E-state index contributed by atoms with van der Waals surface area (Å²) in [5, 5.41) is 4.26. The van der Waals surface area contributed by atoms with Crippen LogP contribution < -0.4 is 5.32 Å². The Morgan fingerprint density at radius 1 is 1.03 bits per heavy atom. The van der Waals surface area contributed by atoms with E-state index in [1.807, 2.05) is 62.4 Å². The van der Waals surface area contributed by atoms with E-state index in [2.05, 4.69) is 21.2 Å². The molecule has 0 saturated heterocycles. The Balaban J connectivity index is 1.50. The number of nitrogens with zero attached hydrogens (tertiary/aromatic N) is 1. The summed E-state index contributed by atoms with van der Waals surface area (Å²) in [5.74, 6) is -0.131. The van der Waals surface area contributed by atoms with Crippen LogP contribution >= 0.6 is 15.9 Å². The molecule has 6 heteroatoms. The normalized spacial score (nSPS) is 23.6. The molecule has 0 spiro atoms. The van der Waals surface area contributed by atoms with Gasteiger partial charge in [-0.3, -0.25) is 9.59 Å². The third-order valence-corrected chi connectivity index (χ3v) is 8.29. The molecule has 1 N–H and O–H groups in total. The van der Waals surface area contributed by atoms with Crippen molar-refractivity contribution in [3.63, 3.8) is 0 Å². The molecule has 34 heavy (non-hydrogen) atoms. The minimum atomic E-state index is -0.368. The molecular weight excluding hydrogens is 492 g/mol. The molecule has 3 fully saturated rings. The zero-order valence-corrected chi connectivity index (χ0v) is 21.2. The number of hydrogen-bond donors (Lipinski definition) is 1. The first kappa shape index (κ1) is 23.0. The molecule has 3 aliphatic carbocycles. The maximum Gasteiger partial charge on any atom is 0.312 e. The number of aromatic nitrogens is 1. The fourth-order valence-electron chi connectivity index (χ4n) is 5.77. The largest absolute Gasteiger partial charge is 0.466 e. The van der Waals surface area contributed by atoms with E-state index in [-0.39, 0.29) is 22.8 Å². The first-order valence-electron chi connectivity index (χ1n) is 12.0. The second-order valence-electron chi connectivity index (χ2n) is 9.72. The number of ether oxygens (including phenoxy) is 1. The molecule has 2 aromatic carbocycles. The average Bonchev–Trinajstić information content (AvgIpc) is 2.85. The van der Waals surface area contributed by atoms with E-state index in [1.165, 1.54) is 0 Å². The van der Waals surface area contributed by atoms with E-state index in [4.69, 9.17) is 9.72 Å². The van der Waals surface area contributed by atoms with Gasteiger partial charge in [0.15, 0.2) is 0 Å². The summed E-state index contributed by atoms with van der Waals surface area (Å²) < 4.78 is 6.29. The molecule has 1 amide bonds. The number of hydrogen-bond acceptors (Lipinski definition) is 4. The quantitative estimate of drug-likeness (QED) is 0.397. The van der Waals surface area contributed by atoms with Crippen LogP contribution in [0.3, 0.4) is 0 Å². The number of halogens is 1. The SMILES string of the molecule is CCOC(=O)C12CCC(NC(=O)c3c(C)c(-c4ccccc4)nc4ccc(Br)cc34)(CC1)CC2. The highest BCUT2D eigenvalue weighted by Crippen LogP contribution is 2.53. The van der Waals surface area contributed by atoms with Gasteiger partial charge in [0.05, 0.1) is 28.8 Å². The second-order valence-corrected chi connectivity index (χ2v) is 10.6. The van der Waals surface area contributed by atoms with Crippen LogP contribution in [-0.4, -0.2) is 29.0 Å². The van der Waals surface area contributed by atoms with Gasteiger partial charge in [-0.1, -0.05) is 46.3 Å². The lowest BCUT2D eigenvalue weighted by Crippen LogP contribution is -2.58. The Labute approximate surface area is 208 Å². The number of fused-ring (bicyclic) bond motifs is 4. The highest BCUT2D eigenvalue weighted by atomic mass is 79.9. The zero-order chi connectivity index (χ0) is 23.9. The third kappa shape index (κ3) is 3.92. The Bertz CT molecular complexity index is 1250. The third-order valence-electron chi connectivity index (χ3n) is 7.80. The molecule has 0 atom stereocenters. The highest BCUT2D eigenvalue weighted by Gasteiger charge is 2.53. The molecule has 176 valence electrons. The minimum Gasteiger partial charge on any atom is -0.466 e. The lowest BCUT2D eigenvalue weighted by molar-refractivity contribution is -0.163. The zero-order valence-electron chi connectivity index (χ0n) is 19.6. The van der Waals surface area contributed by atoms with Crippen molar-refractivity contribution in [1.29, 1.82) is 0 Å². The molecule has 1 aromatic heterocycles. The first-order chi connectivity index (χ1) is 16.4. The monoisotopic (exact) mass is 520 g/mol. The Kier molecular flexibility index (Phi) is 5.96. The van der Waals surface area contributed by atoms with Gasteiger partial charge in [0.25, 0.3) is 5.91 Å². The fourth-order valence-corrected chi connectivity index (χ4v) is 6.13. The number of nitrogens with one attached hydrogen (secondary N) is 1. The maximum atomic E-state index is 13.9. The standard InChI is InChI=1S/C28H29BrN2O3/c1-3-34-26(33)27-11-14-28(15-12-27,16-13-27)31-25(32)23-18(2)24(19-7-5-4-6-8-19)30-22-10-9-20(29)17-21(22)23/h4-10,17H,3,11-16H2,1-2H3,(H,31,32). The Morgan fingerprint density at radius 2 is 1.71 bits per heavy atom. The van der Waals surface area contributed by atoms with Crippen LogP contribution in [0, 0.1) is 12.3 Å². The Hall–Kier alpha value is -2.73. The first-order valence-corrected chi connectivity index (χ1v) is 12.8. The van der Waals surface area contributed by atoms with Gasteiger partial charge in [-0.2, -0.15) is 0 Å². The smallest absolute Gasteiger partial charge is 0.312 e. The van der Waals surface area contributed by atoms with Crippen molar-refractivity contribution in [2.75, 3.05) is 6.61 Å². The van der Waals surface area contributed by atoms with Gasteiger partial charge in [0, 0.05) is 21.0 Å². The van der Waals surface area contributed by atoms with E-state index in [9.17, 15) is 9.59 Å². The van der Waals surface area contributed by atoms with Crippen molar-refractivity contribution in [3.05, 3.63) is 64.1 Å². The molecular formula is C28H29BrN2O3. The number of esters is 1. The summed E-state index contributed by atoms with van der Waals surface area (Å²) in [5.41, 5.74) is 3.52. The van der Waals surface area contributed by atoms with Gasteiger partial charge < -0.3 is 10.1 Å². The molecule has 1 heterocycles. The van der Waals surface area contributed by atoms with E-state index in [0.29, 0.717) is 12.2 Å². The summed E-state index contributed by atoms with van der Waals surface area (Å²) >= 11 is 3.56. The number of carbonyl (C=O) groups is 2. The summed E-state index contributed by atoms with van der Waals surface area (Å²) in [6.07, 6.45) is 4.70. The van der Waals surface area contributed by atoms with Crippen LogP contribution in [-0.2, 0) is 9.53 Å². The van der Waals surface area contributed by atoms with Gasteiger partial charge in [-0.25, -0.2) is 4.98 Å². The van der Waals surface area contributed by atoms with Crippen molar-refractivity contribution < 1.29 is 14.3 Å². The highest BCUT2D eigenvalue weighted by molar-refractivity contribution is 9.10. The second kappa shape index (κ2) is 8.81. The van der Waals surface area contributed by atoms with Gasteiger partial charge in [0.1, 0.15) is 0 Å². The van der Waals surface area contributed by atoms with Gasteiger partial charge in [-0.05, 0) is 76.1 Å². The molecule has 2 bridgehead atoms. The predicted molar refractivity (Wildman–Crippen MR) is 137 cm³/mol. The molecule has 0 unspecified atom stereocenters. The number of amides is 1. The fraction of sp³-hybridized carbons (Fsp3) is 0.393. The van der Waals surface area contributed by atoms with Crippen molar-refractivity contribution in [2.45, 2.75) is 57.9 Å². The summed E-state index contributed by atoms with van der Waals surface area (Å²) in [4.78, 5) is 31.4. The molecule has 6 rings (SSSR count). The van der Waals surface area contributed by atoms with E-state index in [1.54, 1.807) is 0 Å². The summed E-state index contributed by atoms with van der Waals surface area (Å²) in [6, 6.07) is 15.9. The van der Waals surface area contributed by atoms with Crippen LogP contribution in [0.5, 0.6) is 0 Å². The van der Waals surface area contributed by atoms with Crippen LogP contribution in [0.15, 0.2) is 53.0 Å².